The molecule has 1 N–H and O–H groups in total. The van der Waals surface area contributed by atoms with Crippen molar-refractivity contribution in [1.82, 2.24) is 5.32 Å². The highest BCUT2D eigenvalue weighted by atomic mass is 32.2. The molecule has 0 bridgehead atoms. The molecule has 2 saturated heterocycles. The Morgan fingerprint density at radius 1 is 1.25 bits per heavy atom. The topological polar surface area (TPSA) is 46.2 Å². The van der Waals surface area contributed by atoms with Crippen LogP contribution in [0.3, 0.4) is 0 Å². The van der Waals surface area contributed by atoms with Crippen molar-refractivity contribution in [2.24, 2.45) is 11.8 Å². The molecule has 0 aliphatic carbocycles. The SMILES string of the molecule is O=S1(=O)CCCC(C2CCNCC2(F)F)C1. The minimum absolute atomic E-state index is 0.0484. The van der Waals surface area contributed by atoms with Crippen LogP contribution in [0, 0.1) is 11.8 Å². The van der Waals surface area contributed by atoms with E-state index in [-0.39, 0.29) is 24.0 Å². The molecule has 2 atom stereocenters. The Bertz CT molecular complexity index is 356. The zero-order valence-corrected chi connectivity index (χ0v) is 9.90. The van der Waals surface area contributed by atoms with Crippen LogP contribution in [0.25, 0.3) is 0 Å². The number of piperidine rings is 1. The van der Waals surface area contributed by atoms with E-state index in [0.29, 0.717) is 25.8 Å². The second-order valence-electron chi connectivity index (χ2n) is 4.85. The lowest BCUT2D eigenvalue weighted by molar-refractivity contribution is -0.0931. The van der Waals surface area contributed by atoms with Crippen LogP contribution in [0.4, 0.5) is 8.78 Å². The average Bonchev–Trinajstić information content (AvgIpc) is 2.15. The molecular weight excluding hydrogens is 236 g/mol. The van der Waals surface area contributed by atoms with Crippen molar-refractivity contribution < 1.29 is 17.2 Å². The first kappa shape index (κ1) is 12.2. The third kappa shape index (κ3) is 2.53. The number of alkyl halides is 2. The molecular formula is C10H17F2NO2S. The lowest BCUT2D eigenvalue weighted by Crippen LogP contribution is -2.50. The highest BCUT2D eigenvalue weighted by Crippen LogP contribution is 2.39. The molecule has 0 aromatic carbocycles. The normalized spacial score (nSPS) is 38.1. The van der Waals surface area contributed by atoms with E-state index in [0.717, 1.165) is 0 Å². The molecule has 2 rings (SSSR count). The van der Waals surface area contributed by atoms with Crippen molar-refractivity contribution in [3.63, 3.8) is 0 Å². The molecule has 6 heteroatoms. The number of nitrogens with one attached hydrogen (secondary N) is 1. The monoisotopic (exact) mass is 253 g/mol. The maximum atomic E-state index is 13.6. The van der Waals surface area contributed by atoms with E-state index in [1.54, 1.807) is 0 Å². The first-order valence-electron chi connectivity index (χ1n) is 5.70. The van der Waals surface area contributed by atoms with Crippen molar-refractivity contribution in [3.8, 4) is 0 Å². The molecule has 0 aromatic rings. The molecule has 0 radical (unpaired) electrons. The van der Waals surface area contributed by atoms with Crippen molar-refractivity contribution in [3.05, 3.63) is 0 Å². The number of hydrogen-bond acceptors (Lipinski definition) is 3. The van der Waals surface area contributed by atoms with Crippen molar-refractivity contribution in [1.29, 1.82) is 0 Å². The molecule has 2 unspecified atom stereocenters. The number of halogens is 2. The van der Waals surface area contributed by atoms with E-state index in [1.165, 1.54) is 0 Å². The van der Waals surface area contributed by atoms with Crippen LogP contribution < -0.4 is 5.32 Å². The van der Waals surface area contributed by atoms with Gasteiger partial charge in [-0.15, -0.1) is 0 Å². The quantitative estimate of drug-likeness (QED) is 0.760. The van der Waals surface area contributed by atoms with Gasteiger partial charge in [0.05, 0.1) is 18.1 Å². The highest BCUT2D eigenvalue weighted by molar-refractivity contribution is 7.91. The second kappa shape index (κ2) is 4.22. The molecule has 0 saturated carbocycles. The summed E-state index contributed by atoms with van der Waals surface area (Å²) < 4.78 is 50.2. The van der Waals surface area contributed by atoms with Crippen molar-refractivity contribution in [2.45, 2.75) is 25.2 Å². The Morgan fingerprint density at radius 2 is 2.00 bits per heavy atom. The summed E-state index contributed by atoms with van der Waals surface area (Å²) in [5.74, 6) is -3.75. The maximum Gasteiger partial charge on any atom is 0.263 e. The van der Waals surface area contributed by atoms with Gasteiger partial charge in [-0.3, -0.25) is 0 Å². The number of hydrogen-bond donors (Lipinski definition) is 1. The summed E-state index contributed by atoms with van der Waals surface area (Å²) in [7, 11) is -3.09. The third-order valence-corrected chi connectivity index (χ3v) is 5.45. The van der Waals surface area contributed by atoms with Gasteiger partial charge in [-0.1, -0.05) is 0 Å². The molecule has 0 amide bonds. The minimum Gasteiger partial charge on any atom is -0.311 e. The molecule has 3 nitrogen and oxygen atoms in total. The van der Waals surface area contributed by atoms with Gasteiger partial charge in [0.25, 0.3) is 5.92 Å². The largest absolute Gasteiger partial charge is 0.311 e. The molecule has 2 aliphatic heterocycles. The average molecular weight is 253 g/mol. The number of rotatable bonds is 1. The predicted molar refractivity (Wildman–Crippen MR) is 57.3 cm³/mol. The van der Waals surface area contributed by atoms with E-state index in [1.807, 2.05) is 0 Å². The standard InChI is InChI=1S/C10H17F2NO2S/c11-10(12)7-13-4-3-9(10)8-2-1-5-16(14,15)6-8/h8-9,13H,1-7H2. The molecule has 2 heterocycles. The minimum atomic E-state index is -3.09. The van der Waals surface area contributed by atoms with Crippen LogP contribution in [-0.4, -0.2) is 38.9 Å². The Balaban J connectivity index is 2.11. The van der Waals surface area contributed by atoms with Crippen molar-refractivity contribution >= 4 is 9.84 Å². The predicted octanol–water partition coefficient (Wildman–Crippen LogP) is 1.06. The molecule has 2 fully saturated rings. The third-order valence-electron chi connectivity index (χ3n) is 3.60. The highest BCUT2D eigenvalue weighted by Gasteiger charge is 2.47. The van der Waals surface area contributed by atoms with Gasteiger partial charge in [0.2, 0.25) is 0 Å². The van der Waals surface area contributed by atoms with Crippen LogP contribution in [0.5, 0.6) is 0 Å². The summed E-state index contributed by atoms with van der Waals surface area (Å²) in [5, 5.41) is 2.67. The van der Waals surface area contributed by atoms with Gasteiger partial charge in [-0.05, 0) is 31.7 Å². The Kier molecular flexibility index (Phi) is 3.22. The van der Waals surface area contributed by atoms with E-state index in [4.69, 9.17) is 0 Å². The molecule has 94 valence electrons. The van der Waals surface area contributed by atoms with E-state index in [9.17, 15) is 17.2 Å². The number of sulfone groups is 1. The Hall–Kier alpha value is -0.230. The zero-order chi connectivity index (χ0) is 11.8. The summed E-state index contributed by atoms with van der Waals surface area (Å²) in [4.78, 5) is 0. The summed E-state index contributed by atoms with van der Waals surface area (Å²) >= 11 is 0. The second-order valence-corrected chi connectivity index (χ2v) is 7.08. The van der Waals surface area contributed by atoms with E-state index >= 15 is 0 Å². The fourth-order valence-corrected chi connectivity index (χ4v) is 4.64. The molecule has 0 spiro atoms. The van der Waals surface area contributed by atoms with Gasteiger partial charge in [0, 0.05) is 5.92 Å². The molecule has 16 heavy (non-hydrogen) atoms. The van der Waals surface area contributed by atoms with Crippen LogP contribution in [0.2, 0.25) is 0 Å². The Labute approximate surface area is 94.5 Å². The smallest absolute Gasteiger partial charge is 0.263 e. The first-order valence-corrected chi connectivity index (χ1v) is 7.52. The van der Waals surface area contributed by atoms with Crippen LogP contribution in [0.1, 0.15) is 19.3 Å². The van der Waals surface area contributed by atoms with Gasteiger partial charge in [0.15, 0.2) is 9.84 Å². The maximum absolute atomic E-state index is 13.6. The molecule has 0 aromatic heterocycles. The fraction of sp³-hybridized carbons (Fsp3) is 1.00. The van der Waals surface area contributed by atoms with Gasteiger partial charge in [-0.25, -0.2) is 17.2 Å². The Morgan fingerprint density at radius 3 is 2.62 bits per heavy atom. The van der Waals surface area contributed by atoms with E-state index in [2.05, 4.69) is 5.32 Å². The van der Waals surface area contributed by atoms with Crippen molar-refractivity contribution in [2.75, 3.05) is 24.6 Å². The molecule has 2 aliphatic rings. The lowest BCUT2D eigenvalue weighted by Gasteiger charge is -2.38. The van der Waals surface area contributed by atoms with E-state index < -0.39 is 21.7 Å². The van der Waals surface area contributed by atoms with Gasteiger partial charge in [-0.2, -0.15) is 0 Å². The van der Waals surface area contributed by atoms with Crippen LogP contribution in [-0.2, 0) is 9.84 Å². The van der Waals surface area contributed by atoms with Gasteiger partial charge < -0.3 is 5.32 Å². The summed E-state index contributed by atoms with van der Waals surface area (Å²) in [6, 6.07) is 0. The van der Waals surface area contributed by atoms with Gasteiger partial charge >= 0.3 is 0 Å². The summed E-state index contributed by atoms with van der Waals surface area (Å²) in [6.45, 7) is 0.255. The first-order chi connectivity index (χ1) is 7.41. The van der Waals surface area contributed by atoms with Crippen LogP contribution in [0.15, 0.2) is 0 Å². The summed E-state index contributed by atoms with van der Waals surface area (Å²) in [5.41, 5.74) is 0. The zero-order valence-electron chi connectivity index (χ0n) is 9.09. The summed E-state index contributed by atoms with van der Waals surface area (Å²) in [6.07, 6.45) is 1.54. The lowest BCUT2D eigenvalue weighted by atomic mass is 9.80. The fourth-order valence-electron chi connectivity index (χ4n) is 2.81. The van der Waals surface area contributed by atoms with Crippen LogP contribution >= 0.6 is 0 Å². The van der Waals surface area contributed by atoms with Gasteiger partial charge in [0.1, 0.15) is 0 Å².